The molecule has 0 aliphatic carbocycles. The predicted octanol–water partition coefficient (Wildman–Crippen LogP) is 2.92. The highest BCUT2D eigenvalue weighted by molar-refractivity contribution is 6.01. The van der Waals surface area contributed by atoms with Gasteiger partial charge in [0.2, 0.25) is 11.8 Å². The van der Waals surface area contributed by atoms with Gasteiger partial charge in [-0.1, -0.05) is 38.5 Å². The first kappa shape index (κ1) is 20.5. The summed E-state index contributed by atoms with van der Waals surface area (Å²) in [6, 6.07) is 7.57. The Kier molecular flexibility index (Phi) is 5.27. The fraction of sp³-hybridized carbons (Fsp3) is 0.640. The highest BCUT2D eigenvalue weighted by Gasteiger charge is 2.47. The predicted molar refractivity (Wildman–Crippen MR) is 117 cm³/mol. The van der Waals surface area contributed by atoms with Gasteiger partial charge in [0, 0.05) is 44.2 Å². The molecule has 4 aliphatic heterocycles. The number of hydrogen-bond donors (Lipinski definition) is 0. The van der Waals surface area contributed by atoms with E-state index in [0.717, 1.165) is 43.4 Å². The Balaban J connectivity index is 1.37. The van der Waals surface area contributed by atoms with Gasteiger partial charge in [0.05, 0.1) is 0 Å². The molecular weight excluding hydrogens is 390 g/mol. The molecule has 0 spiro atoms. The van der Waals surface area contributed by atoms with E-state index in [0.29, 0.717) is 43.8 Å². The van der Waals surface area contributed by atoms with Crippen LogP contribution in [0, 0.1) is 17.8 Å². The number of piperidine rings is 3. The van der Waals surface area contributed by atoms with E-state index in [1.165, 1.54) is 0 Å². The lowest BCUT2D eigenvalue weighted by molar-refractivity contribution is -0.151. The van der Waals surface area contributed by atoms with Gasteiger partial charge in [-0.15, -0.1) is 0 Å². The molecule has 0 radical (unpaired) electrons. The van der Waals surface area contributed by atoms with Gasteiger partial charge in [0.15, 0.2) is 0 Å². The second-order valence-corrected chi connectivity index (χ2v) is 10.0. The molecule has 6 heteroatoms. The van der Waals surface area contributed by atoms with Crippen molar-refractivity contribution in [3.63, 3.8) is 0 Å². The van der Waals surface area contributed by atoms with E-state index in [1.54, 1.807) is 0 Å². The molecule has 6 nitrogen and oxygen atoms in total. The van der Waals surface area contributed by atoms with Crippen molar-refractivity contribution in [3.8, 4) is 0 Å². The van der Waals surface area contributed by atoms with E-state index in [4.69, 9.17) is 0 Å². The summed E-state index contributed by atoms with van der Waals surface area (Å²) in [4.78, 5) is 45.4. The number of likely N-dealkylation sites (tertiary alicyclic amines) is 1. The van der Waals surface area contributed by atoms with Crippen LogP contribution in [0.5, 0.6) is 0 Å². The molecule has 5 atom stereocenters. The highest BCUT2D eigenvalue weighted by atomic mass is 16.2. The van der Waals surface area contributed by atoms with Crippen molar-refractivity contribution in [1.29, 1.82) is 0 Å². The van der Waals surface area contributed by atoms with Crippen molar-refractivity contribution in [2.24, 2.45) is 17.8 Å². The molecular formula is C25H33N3O3. The Hall–Kier alpha value is -2.37. The number of hydrogen-bond acceptors (Lipinski definition) is 3. The molecule has 166 valence electrons. The van der Waals surface area contributed by atoms with E-state index in [2.05, 4.69) is 18.7 Å². The molecule has 0 aromatic heterocycles. The lowest BCUT2D eigenvalue weighted by atomic mass is 9.75. The molecule has 5 rings (SSSR count). The topological polar surface area (TPSA) is 60.9 Å². The van der Waals surface area contributed by atoms with Crippen molar-refractivity contribution in [3.05, 3.63) is 35.4 Å². The number of fused-ring (bicyclic) bond motifs is 5. The lowest BCUT2D eigenvalue weighted by Crippen LogP contribution is -2.63. The number of carbonyl (C=O) groups excluding carboxylic acids is 3. The van der Waals surface area contributed by atoms with Crippen LogP contribution in [0.15, 0.2) is 24.3 Å². The first-order valence-corrected chi connectivity index (χ1v) is 11.9. The highest BCUT2D eigenvalue weighted by Crippen LogP contribution is 2.39. The van der Waals surface area contributed by atoms with Gasteiger partial charge in [-0.05, 0) is 48.6 Å². The average Bonchev–Trinajstić information content (AvgIpc) is 3.10. The second kappa shape index (κ2) is 7.95. The molecule has 3 amide bonds. The molecule has 4 heterocycles. The van der Waals surface area contributed by atoms with Crippen molar-refractivity contribution in [2.45, 2.75) is 64.6 Å². The zero-order valence-corrected chi connectivity index (χ0v) is 18.6. The normalized spacial score (nSPS) is 29.5. The van der Waals surface area contributed by atoms with Gasteiger partial charge in [0.1, 0.15) is 6.04 Å². The van der Waals surface area contributed by atoms with E-state index < -0.39 is 6.04 Å². The van der Waals surface area contributed by atoms with Gasteiger partial charge in [-0.3, -0.25) is 14.4 Å². The third kappa shape index (κ3) is 3.44. The maximum absolute atomic E-state index is 13.9. The molecule has 2 bridgehead atoms. The van der Waals surface area contributed by atoms with Crippen molar-refractivity contribution >= 4 is 17.7 Å². The van der Waals surface area contributed by atoms with Crippen LogP contribution in [-0.2, 0) is 16.1 Å². The van der Waals surface area contributed by atoms with Crippen LogP contribution in [0.2, 0.25) is 0 Å². The molecule has 3 saturated heterocycles. The molecule has 0 unspecified atom stereocenters. The lowest BCUT2D eigenvalue weighted by Gasteiger charge is -2.53. The SMILES string of the molecule is CC[C@H](C)[C@H](C(=O)N1C[C@H]2C[C@@H](C1)[C@H]1CCCC(=O)N1C2)N1Cc2ccccc2C1=O. The van der Waals surface area contributed by atoms with E-state index in [9.17, 15) is 14.4 Å². The monoisotopic (exact) mass is 423 g/mol. The summed E-state index contributed by atoms with van der Waals surface area (Å²) >= 11 is 0. The summed E-state index contributed by atoms with van der Waals surface area (Å²) in [7, 11) is 0. The minimum Gasteiger partial charge on any atom is -0.340 e. The summed E-state index contributed by atoms with van der Waals surface area (Å²) in [6.45, 7) is 6.90. The zero-order chi connectivity index (χ0) is 21.7. The quantitative estimate of drug-likeness (QED) is 0.748. The third-order valence-electron chi connectivity index (χ3n) is 8.11. The van der Waals surface area contributed by atoms with Crippen LogP contribution in [0.3, 0.4) is 0 Å². The summed E-state index contributed by atoms with van der Waals surface area (Å²) < 4.78 is 0. The number of amides is 3. The molecule has 1 aromatic carbocycles. The Bertz CT molecular complexity index is 900. The molecule has 0 saturated carbocycles. The van der Waals surface area contributed by atoms with E-state index >= 15 is 0 Å². The maximum atomic E-state index is 13.9. The Labute approximate surface area is 184 Å². The third-order valence-corrected chi connectivity index (χ3v) is 8.11. The van der Waals surface area contributed by atoms with Gasteiger partial charge in [-0.25, -0.2) is 0 Å². The summed E-state index contributed by atoms with van der Waals surface area (Å²) in [5.74, 6) is 1.19. The zero-order valence-electron chi connectivity index (χ0n) is 18.6. The largest absolute Gasteiger partial charge is 0.340 e. The molecule has 1 aromatic rings. The number of rotatable bonds is 4. The molecule has 4 aliphatic rings. The molecule has 0 N–H and O–H groups in total. The van der Waals surface area contributed by atoms with Crippen molar-refractivity contribution < 1.29 is 14.4 Å². The Morgan fingerprint density at radius 1 is 1.16 bits per heavy atom. The Morgan fingerprint density at radius 2 is 1.97 bits per heavy atom. The van der Waals surface area contributed by atoms with Gasteiger partial charge in [0.25, 0.3) is 5.91 Å². The first-order chi connectivity index (χ1) is 15.0. The maximum Gasteiger partial charge on any atom is 0.255 e. The standard InChI is InChI=1S/C25H33N3O3/c1-3-16(2)23(28-15-18-7-4-5-8-20(18)24(28)30)25(31)26-12-17-11-19(14-26)21-9-6-10-22(29)27(21)13-17/h4-5,7-8,16-17,19,21,23H,3,6,9-15H2,1-2H3/t16-,17+,19-,21+,23+/m0/s1. The van der Waals surface area contributed by atoms with E-state index in [1.807, 2.05) is 34.1 Å². The van der Waals surface area contributed by atoms with Crippen LogP contribution >= 0.6 is 0 Å². The van der Waals surface area contributed by atoms with Crippen molar-refractivity contribution in [1.82, 2.24) is 14.7 Å². The number of carbonyl (C=O) groups is 3. The minimum atomic E-state index is -0.423. The first-order valence-electron chi connectivity index (χ1n) is 11.9. The van der Waals surface area contributed by atoms with Gasteiger partial charge in [-0.2, -0.15) is 0 Å². The number of benzene rings is 1. The number of nitrogens with zero attached hydrogens (tertiary/aromatic N) is 3. The average molecular weight is 424 g/mol. The van der Waals surface area contributed by atoms with Crippen LogP contribution in [0.1, 0.15) is 61.9 Å². The molecule has 3 fully saturated rings. The Morgan fingerprint density at radius 3 is 2.74 bits per heavy atom. The van der Waals surface area contributed by atoms with Crippen LogP contribution < -0.4 is 0 Å². The summed E-state index contributed by atoms with van der Waals surface area (Å²) in [6.07, 6.45) is 4.65. The second-order valence-electron chi connectivity index (χ2n) is 10.0. The van der Waals surface area contributed by atoms with E-state index in [-0.39, 0.29) is 23.8 Å². The van der Waals surface area contributed by atoms with Crippen LogP contribution in [0.4, 0.5) is 0 Å². The summed E-state index contributed by atoms with van der Waals surface area (Å²) in [5.41, 5.74) is 1.75. The summed E-state index contributed by atoms with van der Waals surface area (Å²) in [5, 5.41) is 0. The fourth-order valence-corrected chi connectivity index (χ4v) is 6.39. The van der Waals surface area contributed by atoms with Gasteiger partial charge < -0.3 is 14.7 Å². The molecule has 31 heavy (non-hydrogen) atoms. The van der Waals surface area contributed by atoms with Crippen molar-refractivity contribution in [2.75, 3.05) is 19.6 Å². The minimum absolute atomic E-state index is 0.0181. The van der Waals surface area contributed by atoms with Crippen LogP contribution in [0.25, 0.3) is 0 Å². The fourth-order valence-electron chi connectivity index (χ4n) is 6.39. The van der Waals surface area contributed by atoms with Gasteiger partial charge >= 0.3 is 0 Å². The smallest absolute Gasteiger partial charge is 0.255 e. The van der Waals surface area contributed by atoms with Crippen LogP contribution in [-0.4, -0.2) is 64.1 Å².